The molecule has 0 fully saturated rings. The Balaban J connectivity index is 2.28. The van der Waals surface area contributed by atoms with E-state index in [4.69, 9.17) is 0 Å². The Labute approximate surface area is 133 Å². The summed E-state index contributed by atoms with van der Waals surface area (Å²) in [6.45, 7) is 3.39. The summed E-state index contributed by atoms with van der Waals surface area (Å²) in [4.78, 5) is 22.5. The summed E-state index contributed by atoms with van der Waals surface area (Å²) in [7, 11) is 0. The minimum absolute atomic E-state index is 0.0607. The number of aryl methyl sites for hydroxylation is 2. The molecule has 20 heavy (non-hydrogen) atoms. The number of nitrogens with one attached hydrogen (secondary N) is 1. The van der Waals surface area contributed by atoms with Gasteiger partial charge in [0.05, 0.1) is 13.4 Å². The van der Waals surface area contributed by atoms with Crippen molar-refractivity contribution in [3.05, 3.63) is 53.3 Å². The Hall–Kier alpha value is -1.48. The van der Waals surface area contributed by atoms with Crippen LogP contribution in [0.1, 0.15) is 21.5 Å². The average molecular weight is 402 g/mol. The van der Waals surface area contributed by atoms with Crippen molar-refractivity contribution in [1.29, 1.82) is 0 Å². The van der Waals surface area contributed by atoms with E-state index in [0.29, 0.717) is 22.4 Å². The van der Waals surface area contributed by atoms with Gasteiger partial charge in [0.1, 0.15) is 0 Å². The lowest BCUT2D eigenvalue weighted by Gasteiger charge is -2.09. The van der Waals surface area contributed by atoms with Crippen LogP contribution in [-0.4, -0.2) is 10.8 Å². The van der Waals surface area contributed by atoms with Crippen molar-refractivity contribution in [2.75, 3.05) is 5.32 Å². The number of nitrogens with zero attached hydrogens (tertiary/aromatic N) is 1. The summed E-state index contributed by atoms with van der Waals surface area (Å²) >= 11 is 3.65. The zero-order chi connectivity index (χ0) is 14.9. The fourth-order valence-corrected chi connectivity index (χ4v) is 3.08. The van der Waals surface area contributed by atoms with Crippen molar-refractivity contribution in [1.82, 2.24) is 0 Å². The van der Waals surface area contributed by atoms with Crippen molar-refractivity contribution >= 4 is 51.2 Å². The van der Waals surface area contributed by atoms with E-state index in [1.165, 1.54) is 17.4 Å². The molecule has 0 radical (unpaired) electrons. The third kappa shape index (κ3) is 3.15. The van der Waals surface area contributed by atoms with Crippen LogP contribution in [0.25, 0.3) is 0 Å². The number of carbonyl (C=O) groups is 1. The number of amides is 1. The van der Waals surface area contributed by atoms with Crippen molar-refractivity contribution in [2.45, 2.75) is 13.8 Å². The molecule has 0 aliphatic heterocycles. The van der Waals surface area contributed by atoms with Crippen molar-refractivity contribution in [3.8, 4) is 0 Å². The van der Waals surface area contributed by atoms with Gasteiger partial charge in [0.25, 0.3) is 11.6 Å². The lowest BCUT2D eigenvalue weighted by molar-refractivity contribution is -0.385. The highest BCUT2D eigenvalue weighted by atomic mass is 127. The Bertz CT molecular complexity index is 697. The molecule has 0 unspecified atom stereocenters. The maximum absolute atomic E-state index is 12.1. The van der Waals surface area contributed by atoms with E-state index < -0.39 is 4.92 Å². The largest absolute Gasteiger partial charge is 0.322 e. The predicted octanol–water partition coefficient (Wildman–Crippen LogP) is 4.13. The van der Waals surface area contributed by atoms with Gasteiger partial charge >= 0.3 is 0 Å². The molecular formula is C13H11IN2O3S. The highest BCUT2D eigenvalue weighted by Gasteiger charge is 2.15. The monoisotopic (exact) mass is 402 g/mol. The van der Waals surface area contributed by atoms with Crippen molar-refractivity contribution in [3.63, 3.8) is 0 Å². The van der Waals surface area contributed by atoms with E-state index in [1.54, 1.807) is 31.4 Å². The summed E-state index contributed by atoms with van der Waals surface area (Å²) in [5.41, 5.74) is 2.44. The number of hydrogen-bond acceptors (Lipinski definition) is 4. The van der Waals surface area contributed by atoms with Crippen LogP contribution in [0.2, 0.25) is 0 Å². The summed E-state index contributed by atoms with van der Waals surface area (Å²) in [6.07, 6.45) is 0. The van der Waals surface area contributed by atoms with Gasteiger partial charge in [-0.3, -0.25) is 14.9 Å². The fourth-order valence-electron chi connectivity index (χ4n) is 1.76. The van der Waals surface area contributed by atoms with Gasteiger partial charge < -0.3 is 5.32 Å². The minimum Gasteiger partial charge on any atom is -0.322 e. The number of halogens is 1. The SMILES string of the molecule is Cc1cc([N+](=O)[O-])c(C)cc1NC(=O)c1csc(I)c1. The second kappa shape index (κ2) is 5.88. The molecule has 2 rings (SSSR count). The first-order valence-corrected chi connectivity index (χ1v) is 7.65. The highest BCUT2D eigenvalue weighted by molar-refractivity contribution is 14.1. The molecule has 5 nitrogen and oxygen atoms in total. The molecule has 2 aromatic rings. The van der Waals surface area contributed by atoms with Gasteiger partial charge in [-0.1, -0.05) is 0 Å². The lowest BCUT2D eigenvalue weighted by Crippen LogP contribution is -2.12. The maximum atomic E-state index is 12.1. The number of nitro benzene ring substituents is 1. The number of hydrogen-bond donors (Lipinski definition) is 1. The van der Waals surface area contributed by atoms with Gasteiger partial charge in [0.2, 0.25) is 0 Å². The Morgan fingerprint density at radius 1 is 1.30 bits per heavy atom. The molecule has 1 aromatic heterocycles. The minimum atomic E-state index is -0.421. The van der Waals surface area contributed by atoms with Crippen LogP contribution in [0.4, 0.5) is 11.4 Å². The van der Waals surface area contributed by atoms with E-state index in [9.17, 15) is 14.9 Å². The van der Waals surface area contributed by atoms with Gasteiger partial charge in [0.15, 0.2) is 0 Å². The van der Waals surface area contributed by atoms with E-state index in [0.717, 1.165) is 2.88 Å². The number of rotatable bonds is 3. The molecule has 0 saturated carbocycles. The quantitative estimate of drug-likeness (QED) is 0.477. The predicted molar refractivity (Wildman–Crippen MR) is 87.6 cm³/mol. The van der Waals surface area contributed by atoms with Crippen LogP contribution in [0.15, 0.2) is 23.6 Å². The summed E-state index contributed by atoms with van der Waals surface area (Å²) < 4.78 is 1.03. The molecule has 0 saturated heterocycles. The number of thiophene rings is 1. The molecule has 1 heterocycles. The second-order valence-electron chi connectivity index (χ2n) is 4.30. The molecule has 104 valence electrons. The fraction of sp³-hybridized carbons (Fsp3) is 0.154. The topological polar surface area (TPSA) is 72.2 Å². The second-order valence-corrected chi connectivity index (χ2v) is 7.11. The van der Waals surface area contributed by atoms with Crippen LogP contribution in [-0.2, 0) is 0 Å². The molecule has 7 heteroatoms. The number of benzene rings is 1. The van der Waals surface area contributed by atoms with Crippen LogP contribution < -0.4 is 5.32 Å². The Morgan fingerprint density at radius 3 is 2.55 bits per heavy atom. The van der Waals surface area contributed by atoms with Crippen molar-refractivity contribution in [2.24, 2.45) is 0 Å². The molecular weight excluding hydrogens is 391 g/mol. The van der Waals surface area contributed by atoms with E-state index in [2.05, 4.69) is 27.9 Å². The van der Waals surface area contributed by atoms with Crippen molar-refractivity contribution < 1.29 is 9.72 Å². The summed E-state index contributed by atoms with van der Waals surface area (Å²) in [5.74, 6) is -0.208. The third-order valence-corrected chi connectivity index (χ3v) is 4.61. The van der Waals surface area contributed by atoms with Gasteiger partial charge in [-0.05, 0) is 54.1 Å². The molecule has 0 aliphatic carbocycles. The summed E-state index contributed by atoms with van der Waals surface area (Å²) in [6, 6.07) is 4.90. The van der Waals surface area contributed by atoms with Gasteiger partial charge in [0, 0.05) is 22.7 Å². The maximum Gasteiger partial charge on any atom is 0.272 e. The number of nitro groups is 1. The lowest BCUT2D eigenvalue weighted by atomic mass is 10.1. The zero-order valence-corrected chi connectivity index (χ0v) is 13.7. The zero-order valence-electron chi connectivity index (χ0n) is 10.8. The first-order chi connectivity index (χ1) is 9.38. The Kier molecular flexibility index (Phi) is 4.39. The van der Waals surface area contributed by atoms with Gasteiger partial charge in [-0.2, -0.15) is 0 Å². The smallest absolute Gasteiger partial charge is 0.272 e. The van der Waals surface area contributed by atoms with Gasteiger partial charge in [-0.15, -0.1) is 11.3 Å². The third-order valence-electron chi connectivity index (χ3n) is 2.82. The molecule has 0 bridgehead atoms. The first kappa shape index (κ1) is 14.9. The molecule has 1 amide bonds. The van der Waals surface area contributed by atoms with Crippen LogP contribution >= 0.6 is 33.9 Å². The Morgan fingerprint density at radius 2 is 2.00 bits per heavy atom. The molecule has 0 aliphatic rings. The standard InChI is InChI=1S/C13H11IN2O3S/c1-7-4-11(16(18)19)8(2)3-10(7)15-13(17)9-5-12(14)20-6-9/h3-6H,1-2H3,(H,15,17). The normalized spacial score (nSPS) is 10.3. The van der Waals surface area contributed by atoms with E-state index in [-0.39, 0.29) is 11.6 Å². The van der Waals surface area contributed by atoms with Crippen LogP contribution in [0.5, 0.6) is 0 Å². The molecule has 0 spiro atoms. The molecule has 0 atom stereocenters. The number of carbonyl (C=O) groups excluding carboxylic acids is 1. The van der Waals surface area contributed by atoms with Crippen LogP contribution in [0.3, 0.4) is 0 Å². The molecule has 1 N–H and O–H groups in total. The van der Waals surface area contributed by atoms with Crippen LogP contribution in [0, 0.1) is 26.8 Å². The first-order valence-electron chi connectivity index (χ1n) is 5.69. The highest BCUT2D eigenvalue weighted by Crippen LogP contribution is 2.26. The number of anilines is 1. The van der Waals surface area contributed by atoms with E-state index in [1.807, 2.05) is 0 Å². The summed E-state index contributed by atoms with van der Waals surface area (Å²) in [5, 5.41) is 15.4. The van der Waals surface area contributed by atoms with Gasteiger partial charge in [-0.25, -0.2) is 0 Å². The molecule has 1 aromatic carbocycles. The average Bonchev–Trinajstić information content (AvgIpc) is 2.79. The van der Waals surface area contributed by atoms with E-state index >= 15 is 0 Å².